The molecule has 4 aromatic rings. The number of fused-ring (bicyclic) bond motifs is 2. The molecule has 0 saturated carbocycles. The third-order valence-corrected chi connectivity index (χ3v) is 3.94. The number of aromatic amines is 1. The van der Waals surface area contributed by atoms with Crippen molar-refractivity contribution < 1.29 is 0 Å². The van der Waals surface area contributed by atoms with E-state index < -0.39 is 0 Å². The van der Waals surface area contributed by atoms with Gasteiger partial charge in [0.15, 0.2) is 0 Å². The predicted molar refractivity (Wildman–Crippen MR) is 99.6 cm³/mol. The number of hydrogen-bond donors (Lipinski definition) is 3. The molecule has 1 heterocycles. The van der Waals surface area contributed by atoms with E-state index in [1.807, 2.05) is 48.5 Å². The van der Waals surface area contributed by atoms with Crippen molar-refractivity contribution in [2.45, 2.75) is 0 Å². The highest BCUT2D eigenvalue weighted by Gasteiger charge is 2.05. The number of azo groups is 1. The fourth-order valence-electron chi connectivity index (χ4n) is 2.74. The lowest BCUT2D eigenvalue weighted by Gasteiger charge is -2.10. The second-order valence-corrected chi connectivity index (χ2v) is 5.61. The van der Waals surface area contributed by atoms with Gasteiger partial charge >= 0.3 is 0 Å². The normalized spacial score (nSPS) is 11.6. The van der Waals surface area contributed by atoms with Crippen LogP contribution in [0.15, 0.2) is 64.8 Å². The van der Waals surface area contributed by atoms with Crippen molar-refractivity contribution >= 4 is 38.9 Å². The van der Waals surface area contributed by atoms with E-state index in [1.54, 1.807) is 0 Å². The Kier molecular flexibility index (Phi) is 4.05. The zero-order valence-electron chi connectivity index (χ0n) is 13.5. The van der Waals surface area contributed by atoms with E-state index >= 15 is 0 Å². The van der Waals surface area contributed by atoms with Crippen molar-refractivity contribution in [3.05, 3.63) is 54.6 Å². The van der Waals surface area contributed by atoms with Crippen molar-refractivity contribution in [3.63, 3.8) is 0 Å². The predicted octanol–water partition coefficient (Wildman–Crippen LogP) is 3.90. The van der Waals surface area contributed by atoms with E-state index in [9.17, 15) is 0 Å². The highest BCUT2D eigenvalue weighted by atomic mass is 15.3. The highest BCUT2D eigenvalue weighted by Crippen LogP contribution is 2.33. The summed E-state index contributed by atoms with van der Waals surface area (Å²) in [4.78, 5) is 0. The Morgan fingerprint density at radius 1 is 1.00 bits per heavy atom. The monoisotopic (exact) mass is 331 g/mol. The number of nitrogens with two attached hydrogens (primary N) is 1. The van der Waals surface area contributed by atoms with Crippen LogP contribution >= 0.6 is 0 Å². The molecule has 0 fully saturated rings. The van der Waals surface area contributed by atoms with Crippen LogP contribution in [0.2, 0.25) is 0 Å². The summed E-state index contributed by atoms with van der Waals surface area (Å²) >= 11 is 0. The van der Waals surface area contributed by atoms with Crippen molar-refractivity contribution in [2.75, 3.05) is 18.4 Å². The fraction of sp³-hybridized carbons (Fsp3) is 0.111. The molecular formula is C18H17N7. The van der Waals surface area contributed by atoms with Gasteiger partial charge < -0.3 is 11.1 Å². The first kappa shape index (κ1) is 15.2. The Balaban J connectivity index is 1.71. The average molecular weight is 331 g/mol. The molecule has 124 valence electrons. The molecule has 4 rings (SSSR count). The summed E-state index contributed by atoms with van der Waals surface area (Å²) in [5, 5.41) is 24.8. The van der Waals surface area contributed by atoms with Crippen molar-refractivity contribution in [2.24, 2.45) is 16.0 Å². The minimum Gasteiger partial charge on any atom is -0.383 e. The van der Waals surface area contributed by atoms with Gasteiger partial charge in [-0.25, -0.2) is 0 Å². The van der Waals surface area contributed by atoms with Gasteiger partial charge in [0.2, 0.25) is 0 Å². The summed E-state index contributed by atoms with van der Waals surface area (Å²) in [5.41, 5.74) is 9.82. The van der Waals surface area contributed by atoms with Gasteiger partial charge in [0.05, 0.1) is 16.9 Å². The molecular weight excluding hydrogens is 314 g/mol. The SMILES string of the molecule is NCCNc1ccc(/N=N/c2ccc3[nH]nnc3c2)c2ccccc12. The summed E-state index contributed by atoms with van der Waals surface area (Å²) in [6.07, 6.45) is 0. The largest absolute Gasteiger partial charge is 0.383 e. The molecule has 0 aliphatic rings. The van der Waals surface area contributed by atoms with Crippen LogP contribution in [0, 0.1) is 0 Å². The number of nitrogens with one attached hydrogen (secondary N) is 2. The van der Waals surface area contributed by atoms with Crippen LogP contribution in [0.1, 0.15) is 0 Å². The standard InChI is InChI=1S/C18H17N7/c19-9-10-20-15-7-8-16(14-4-2-1-3-13(14)15)22-21-12-5-6-17-18(11-12)24-25-23-17/h1-8,11,20H,9-10,19H2,(H,23,24,25)/b22-21+. The first-order valence-electron chi connectivity index (χ1n) is 8.03. The Morgan fingerprint density at radius 2 is 1.88 bits per heavy atom. The first-order valence-corrected chi connectivity index (χ1v) is 8.03. The summed E-state index contributed by atoms with van der Waals surface area (Å²) in [5.74, 6) is 0. The van der Waals surface area contributed by atoms with Crippen molar-refractivity contribution in [1.82, 2.24) is 15.4 Å². The Hall–Kier alpha value is -3.32. The summed E-state index contributed by atoms with van der Waals surface area (Å²) < 4.78 is 0. The first-order chi connectivity index (χ1) is 12.3. The summed E-state index contributed by atoms with van der Waals surface area (Å²) in [6.45, 7) is 1.31. The smallest absolute Gasteiger partial charge is 0.115 e. The van der Waals surface area contributed by atoms with Gasteiger partial charge in [-0.2, -0.15) is 5.11 Å². The molecule has 0 bridgehead atoms. The molecule has 7 heteroatoms. The third-order valence-electron chi connectivity index (χ3n) is 3.94. The van der Waals surface area contributed by atoms with Gasteiger partial charge in [0, 0.05) is 29.5 Å². The van der Waals surface area contributed by atoms with E-state index in [1.165, 1.54) is 0 Å². The third kappa shape index (κ3) is 3.05. The number of nitrogens with zero attached hydrogens (tertiary/aromatic N) is 4. The number of rotatable bonds is 5. The quantitative estimate of drug-likeness (QED) is 0.482. The molecule has 0 spiro atoms. The molecule has 0 radical (unpaired) electrons. The van der Waals surface area contributed by atoms with Crippen LogP contribution in [0.5, 0.6) is 0 Å². The van der Waals surface area contributed by atoms with Crippen LogP contribution in [0.25, 0.3) is 21.8 Å². The lowest BCUT2D eigenvalue weighted by Crippen LogP contribution is -2.13. The molecule has 25 heavy (non-hydrogen) atoms. The van der Waals surface area contributed by atoms with E-state index in [-0.39, 0.29) is 0 Å². The van der Waals surface area contributed by atoms with Crippen LogP contribution < -0.4 is 11.1 Å². The Morgan fingerprint density at radius 3 is 2.76 bits per heavy atom. The van der Waals surface area contributed by atoms with Crippen LogP contribution in [-0.2, 0) is 0 Å². The van der Waals surface area contributed by atoms with Crippen LogP contribution in [0.4, 0.5) is 17.1 Å². The van der Waals surface area contributed by atoms with Crippen LogP contribution in [-0.4, -0.2) is 28.5 Å². The second kappa shape index (κ2) is 6.66. The van der Waals surface area contributed by atoms with Gasteiger partial charge in [-0.3, -0.25) is 5.10 Å². The van der Waals surface area contributed by atoms with E-state index in [0.717, 1.165) is 45.4 Å². The molecule has 0 amide bonds. The maximum atomic E-state index is 5.59. The lowest BCUT2D eigenvalue weighted by molar-refractivity contribution is 0.959. The van der Waals surface area contributed by atoms with E-state index in [0.29, 0.717) is 6.54 Å². The lowest BCUT2D eigenvalue weighted by atomic mass is 10.1. The molecule has 7 nitrogen and oxygen atoms in total. The van der Waals surface area contributed by atoms with Crippen LogP contribution in [0.3, 0.4) is 0 Å². The van der Waals surface area contributed by atoms with Gasteiger partial charge in [-0.15, -0.1) is 10.2 Å². The number of H-pyrrole nitrogens is 1. The van der Waals surface area contributed by atoms with E-state index in [4.69, 9.17) is 5.73 Å². The average Bonchev–Trinajstić information content (AvgIpc) is 3.13. The maximum Gasteiger partial charge on any atom is 0.115 e. The molecule has 3 aromatic carbocycles. The number of hydrogen-bond acceptors (Lipinski definition) is 6. The van der Waals surface area contributed by atoms with E-state index in [2.05, 4.69) is 37.0 Å². The molecule has 0 aliphatic carbocycles. The second-order valence-electron chi connectivity index (χ2n) is 5.61. The Bertz CT molecular complexity index is 1050. The van der Waals surface area contributed by atoms with Gasteiger partial charge in [0.25, 0.3) is 0 Å². The fourth-order valence-corrected chi connectivity index (χ4v) is 2.74. The van der Waals surface area contributed by atoms with Gasteiger partial charge in [-0.05, 0) is 30.3 Å². The topological polar surface area (TPSA) is 104 Å². The molecule has 1 aromatic heterocycles. The van der Waals surface area contributed by atoms with Gasteiger partial charge in [-0.1, -0.05) is 29.5 Å². The summed E-state index contributed by atoms with van der Waals surface area (Å²) in [6, 6.07) is 17.7. The number of benzene rings is 3. The summed E-state index contributed by atoms with van der Waals surface area (Å²) in [7, 11) is 0. The highest BCUT2D eigenvalue weighted by molar-refractivity contribution is 6.00. The Labute approximate surface area is 144 Å². The van der Waals surface area contributed by atoms with Crippen molar-refractivity contribution in [1.29, 1.82) is 0 Å². The minimum atomic E-state index is 0.584. The van der Waals surface area contributed by atoms with Crippen molar-refractivity contribution in [3.8, 4) is 0 Å². The van der Waals surface area contributed by atoms with Gasteiger partial charge in [0.1, 0.15) is 5.52 Å². The molecule has 0 saturated heterocycles. The molecule has 0 atom stereocenters. The minimum absolute atomic E-state index is 0.584. The maximum absolute atomic E-state index is 5.59. The number of anilines is 1. The molecule has 0 aliphatic heterocycles. The molecule has 4 N–H and O–H groups in total. The molecule has 0 unspecified atom stereocenters. The zero-order valence-corrected chi connectivity index (χ0v) is 13.5. The zero-order chi connectivity index (χ0) is 17.1. The number of aromatic nitrogens is 3.